The van der Waals surface area contributed by atoms with E-state index in [0.717, 1.165) is 49.2 Å². The molecule has 4 heterocycles. The van der Waals surface area contributed by atoms with Crippen molar-refractivity contribution >= 4 is 17.1 Å². The number of nitrogens with zero attached hydrogens (tertiary/aromatic N) is 3. The Balaban J connectivity index is 0.000000339. The van der Waals surface area contributed by atoms with Crippen LogP contribution in [0.2, 0.25) is 0 Å². The van der Waals surface area contributed by atoms with Crippen LogP contribution in [-0.4, -0.2) is 54.8 Å². The van der Waals surface area contributed by atoms with Gasteiger partial charge in [0.1, 0.15) is 0 Å². The number of aromatic nitrogens is 4. The summed E-state index contributed by atoms with van der Waals surface area (Å²) in [6.45, 7) is 2.55. The van der Waals surface area contributed by atoms with Gasteiger partial charge in [0.25, 0.3) is 0 Å². The number of likely N-dealkylation sites (tertiary alicyclic amines) is 1. The molecule has 3 aromatic heterocycles. The fraction of sp³-hybridized carbons (Fsp3) is 0.368. The molecule has 1 saturated heterocycles. The maximum absolute atomic E-state index is 12.3. The van der Waals surface area contributed by atoms with Crippen molar-refractivity contribution in [1.29, 1.82) is 0 Å². The summed E-state index contributed by atoms with van der Waals surface area (Å²) in [5, 5.41) is 7.12. The normalized spacial score (nSPS) is 15.5. The molecule has 1 aliphatic heterocycles. The average Bonchev–Trinajstić information content (AvgIpc) is 3.04. The second-order valence-electron chi connectivity index (χ2n) is 7.05. The van der Waals surface area contributed by atoms with E-state index in [2.05, 4.69) is 19.9 Å². The van der Waals surface area contributed by atoms with Crippen molar-refractivity contribution < 1.29 is 23.1 Å². The lowest BCUT2D eigenvalue weighted by Gasteiger charge is -2.32. The molecule has 0 aliphatic carbocycles. The number of hydrogen-bond donors (Lipinski definition) is 3. The third-order valence-electron chi connectivity index (χ3n) is 4.89. The number of carboxylic acids is 1. The highest BCUT2D eigenvalue weighted by Crippen LogP contribution is 2.24. The molecule has 0 amide bonds. The number of imidazole rings is 1. The van der Waals surface area contributed by atoms with Crippen molar-refractivity contribution in [3.63, 3.8) is 0 Å². The van der Waals surface area contributed by atoms with E-state index in [4.69, 9.17) is 9.90 Å². The number of pyridine rings is 2. The molecular formula is C19H20F3N5O4. The molecule has 1 fully saturated rings. The van der Waals surface area contributed by atoms with Gasteiger partial charge < -0.3 is 15.1 Å². The van der Waals surface area contributed by atoms with Crippen LogP contribution in [-0.2, 0) is 11.3 Å². The number of nitrogens with one attached hydrogen (secondary N) is 2. The van der Waals surface area contributed by atoms with Crippen LogP contribution >= 0.6 is 0 Å². The molecule has 0 unspecified atom stereocenters. The highest BCUT2D eigenvalue weighted by atomic mass is 19.4. The number of fused-ring (bicyclic) bond motifs is 1. The summed E-state index contributed by atoms with van der Waals surface area (Å²) >= 11 is 0. The van der Waals surface area contributed by atoms with Gasteiger partial charge in [-0.05, 0) is 36.6 Å². The van der Waals surface area contributed by atoms with E-state index < -0.39 is 12.1 Å². The Bertz CT molecular complexity index is 1160. The Hall–Kier alpha value is -3.41. The number of carbonyl (C=O) groups is 1. The minimum absolute atomic E-state index is 0.0706. The Morgan fingerprint density at radius 3 is 2.52 bits per heavy atom. The van der Waals surface area contributed by atoms with E-state index in [0.29, 0.717) is 0 Å². The van der Waals surface area contributed by atoms with Crippen LogP contribution in [0, 0.1) is 0 Å². The van der Waals surface area contributed by atoms with Crippen molar-refractivity contribution in [3.8, 4) is 0 Å². The molecule has 166 valence electrons. The molecular weight excluding hydrogens is 419 g/mol. The van der Waals surface area contributed by atoms with Crippen LogP contribution in [0.3, 0.4) is 0 Å². The first kappa shape index (κ1) is 22.3. The lowest BCUT2D eigenvalue weighted by molar-refractivity contribution is -0.192. The molecule has 0 radical (unpaired) electrons. The molecule has 31 heavy (non-hydrogen) atoms. The van der Waals surface area contributed by atoms with Gasteiger partial charge in [0.05, 0.1) is 5.52 Å². The van der Waals surface area contributed by atoms with Gasteiger partial charge in [0, 0.05) is 44.1 Å². The second-order valence-corrected chi connectivity index (χ2v) is 7.05. The molecule has 0 atom stereocenters. The van der Waals surface area contributed by atoms with Gasteiger partial charge >= 0.3 is 17.8 Å². The fourth-order valence-corrected chi connectivity index (χ4v) is 3.48. The Morgan fingerprint density at radius 2 is 1.90 bits per heavy atom. The van der Waals surface area contributed by atoms with E-state index >= 15 is 0 Å². The number of rotatable bonds is 3. The molecule has 3 aromatic rings. The molecule has 9 nitrogen and oxygen atoms in total. The third-order valence-corrected chi connectivity index (χ3v) is 4.89. The molecule has 3 N–H and O–H groups in total. The topological polar surface area (TPSA) is 124 Å². The number of halogens is 3. The number of alkyl halides is 3. The number of piperidine rings is 1. The van der Waals surface area contributed by atoms with Gasteiger partial charge in [0.15, 0.2) is 5.65 Å². The van der Waals surface area contributed by atoms with Gasteiger partial charge in [-0.25, -0.2) is 14.6 Å². The number of hydrogen-bond acceptors (Lipinski definition) is 5. The summed E-state index contributed by atoms with van der Waals surface area (Å²) in [6, 6.07) is 7.44. The van der Waals surface area contributed by atoms with E-state index in [1.54, 1.807) is 23.0 Å². The summed E-state index contributed by atoms with van der Waals surface area (Å²) in [7, 11) is 0. The lowest BCUT2D eigenvalue weighted by Crippen LogP contribution is -2.36. The summed E-state index contributed by atoms with van der Waals surface area (Å²) in [6.07, 6.45) is 0.106. The Morgan fingerprint density at radius 1 is 1.23 bits per heavy atom. The van der Waals surface area contributed by atoms with Crippen molar-refractivity contribution in [2.75, 3.05) is 13.1 Å². The monoisotopic (exact) mass is 439 g/mol. The third kappa shape index (κ3) is 5.60. The quantitative estimate of drug-likeness (QED) is 0.573. The zero-order chi connectivity index (χ0) is 22.6. The zero-order valence-corrected chi connectivity index (χ0v) is 16.2. The standard InChI is InChI=1S/C17H19N5O2.C2HF3O2/c23-15-10-12(3-7-18-15)11-21-8-4-13(5-9-21)22-16-14(20-17(22)24)2-1-6-19-16;3-2(4,5)1(6)7/h1-3,6-7,10,13H,4-5,8-9,11H2,(H,18,23)(H,20,24);(H,6,7). The zero-order valence-electron chi connectivity index (χ0n) is 16.2. The first-order valence-corrected chi connectivity index (χ1v) is 9.40. The SMILES string of the molecule is O=C(O)C(F)(F)F.O=c1cc(CN2CCC(n3c(=O)[nH]c4cccnc43)CC2)cc[nH]1. The van der Waals surface area contributed by atoms with Gasteiger partial charge in [-0.3, -0.25) is 14.3 Å². The van der Waals surface area contributed by atoms with Crippen molar-refractivity contribution in [1.82, 2.24) is 24.4 Å². The fourth-order valence-electron chi connectivity index (χ4n) is 3.48. The average molecular weight is 439 g/mol. The van der Waals surface area contributed by atoms with Crippen molar-refractivity contribution in [2.24, 2.45) is 0 Å². The maximum atomic E-state index is 12.3. The van der Waals surface area contributed by atoms with Crippen LogP contribution in [0.4, 0.5) is 13.2 Å². The van der Waals surface area contributed by atoms with E-state index in [1.165, 1.54) is 0 Å². The van der Waals surface area contributed by atoms with Crippen LogP contribution in [0.15, 0.2) is 46.2 Å². The minimum Gasteiger partial charge on any atom is -0.475 e. The van der Waals surface area contributed by atoms with Crippen LogP contribution in [0.1, 0.15) is 24.4 Å². The van der Waals surface area contributed by atoms with Crippen molar-refractivity contribution in [2.45, 2.75) is 31.6 Å². The molecule has 0 saturated carbocycles. The predicted octanol–water partition coefficient (Wildman–Crippen LogP) is 1.88. The first-order valence-electron chi connectivity index (χ1n) is 9.40. The summed E-state index contributed by atoms with van der Waals surface area (Å²) in [5.41, 5.74) is 2.38. The first-order chi connectivity index (χ1) is 14.6. The molecule has 0 spiro atoms. The lowest BCUT2D eigenvalue weighted by atomic mass is 10.0. The maximum Gasteiger partial charge on any atom is 0.490 e. The molecule has 1 aliphatic rings. The number of aliphatic carboxylic acids is 1. The summed E-state index contributed by atoms with van der Waals surface area (Å²) < 4.78 is 33.5. The highest BCUT2D eigenvalue weighted by Gasteiger charge is 2.38. The van der Waals surface area contributed by atoms with Crippen LogP contribution in [0.25, 0.3) is 11.2 Å². The van der Waals surface area contributed by atoms with Crippen LogP contribution in [0.5, 0.6) is 0 Å². The largest absolute Gasteiger partial charge is 0.490 e. The van der Waals surface area contributed by atoms with Gasteiger partial charge in [-0.1, -0.05) is 0 Å². The Kier molecular flexibility index (Phi) is 6.59. The molecule has 4 rings (SSSR count). The van der Waals surface area contributed by atoms with Gasteiger partial charge in [0.2, 0.25) is 5.56 Å². The number of H-pyrrole nitrogens is 2. The van der Waals surface area contributed by atoms with Crippen molar-refractivity contribution in [3.05, 3.63) is 63.1 Å². The molecule has 12 heteroatoms. The van der Waals surface area contributed by atoms with Gasteiger partial charge in [-0.2, -0.15) is 13.2 Å². The highest BCUT2D eigenvalue weighted by molar-refractivity contribution is 5.73. The minimum atomic E-state index is -5.08. The molecule has 0 aromatic carbocycles. The smallest absolute Gasteiger partial charge is 0.475 e. The summed E-state index contributed by atoms with van der Waals surface area (Å²) in [5.74, 6) is -2.76. The molecule has 0 bridgehead atoms. The number of carboxylic acid groups (broad SMARTS) is 1. The number of aromatic amines is 2. The predicted molar refractivity (Wildman–Crippen MR) is 105 cm³/mol. The van der Waals surface area contributed by atoms with Crippen LogP contribution < -0.4 is 11.2 Å². The van der Waals surface area contributed by atoms with E-state index in [1.807, 2.05) is 18.2 Å². The van der Waals surface area contributed by atoms with E-state index in [-0.39, 0.29) is 17.3 Å². The summed E-state index contributed by atoms with van der Waals surface area (Å²) in [4.78, 5) is 44.7. The van der Waals surface area contributed by atoms with Gasteiger partial charge in [-0.15, -0.1) is 0 Å². The second kappa shape index (κ2) is 9.16. The van der Waals surface area contributed by atoms with E-state index in [9.17, 15) is 22.8 Å². The Labute approximate surface area is 173 Å².